The van der Waals surface area contributed by atoms with Crippen molar-refractivity contribution in [2.45, 2.75) is 58.5 Å². The van der Waals surface area contributed by atoms with E-state index in [1.54, 1.807) is 7.11 Å². The number of rotatable bonds is 9. The molecule has 5 nitrogen and oxygen atoms in total. The third-order valence-corrected chi connectivity index (χ3v) is 6.52. The van der Waals surface area contributed by atoms with Gasteiger partial charge in [0.1, 0.15) is 0 Å². The van der Waals surface area contributed by atoms with Gasteiger partial charge in [-0.15, -0.1) is 0 Å². The first-order valence-electron chi connectivity index (χ1n) is 11.0. The Morgan fingerprint density at radius 2 is 2.04 bits per heavy atom. The van der Waals surface area contributed by atoms with Crippen LogP contribution in [0.4, 0.5) is 0 Å². The smallest absolute Gasteiger partial charge is 0.191 e. The summed E-state index contributed by atoms with van der Waals surface area (Å²) in [5, 5.41) is 7.01. The van der Waals surface area contributed by atoms with Crippen molar-refractivity contribution in [3.8, 4) is 0 Å². The molecule has 1 heterocycles. The maximum Gasteiger partial charge on any atom is 0.191 e. The van der Waals surface area contributed by atoms with Gasteiger partial charge in [0.25, 0.3) is 0 Å². The lowest BCUT2D eigenvalue weighted by Gasteiger charge is -2.41. The van der Waals surface area contributed by atoms with Gasteiger partial charge in [-0.3, -0.25) is 9.89 Å². The fraction of sp³-hybridized carbons (Fsp3) is 0.696. The predicted octanol–water partition coefficient (Wildman–Crippen LogP) is 3.20. The van der Waals surface area contributed by atoms with Crippen molar-refractivity contribution in [2.24, 2.45) is 10.4 Å². The van der Waals surface area contributed by atoms with E-state index < -0.39 is 0 Å². The molecule has 0 radical (unpaired) electrons. The third kappa shape index (κ3) is 5.48. The van der Waals surface area contributed by atoms with Crippen molar-refractivity contribution in [1.82, 2.24) is 15.5 Å². The second-order valence-electron chi connectivity index (χ2n) is 8.51. The zero-order valence-corrected chi connectivity index (χ0v) is 18.0. The highest BCUT2D eigenvalue weighted by Crippen LogP contribution is 2.44. The van der Waals surface area contributed by atoms with E-state index in [0.717, 1.165) is 58.1 Å². The molecule has 1 aromatic rings. The van der Waals surface area contributed by atoms with Gasteiger partial charge < -0.3 is 15.4 Å². The Bertz CT molecular complexity index is 641. The Balaban J connectivity index is 1.51. The number of ether oxygens (including phenoxy) is 1. The van der Waals surface area contributed by atoms with Crippen LogP contribution in [0, 0.1) is 5.41 Å². The van der Waals surface area contributed by atoms with Gasteiger partial charge in [-0.2, -0.15) is 0 Å². The number of hydrogen-bond donors (Lipinski definition) is 2. The molecule has 1 saturated carbocycles. The molecule has 1 aliphatic heterocycles. The summed E-state index contributed by atoms with van der Waals surface area (Å²) in [7, 11) is 1.79. The summed E-state index contributed by atoms with van der Waals surface area (Å²) < 4.78 is 5.31. The fourth-order valence-electron chi connectivity index (χ4n) is 4.34. The summed E-state index contributed by atoms with van der Waals surface area (Å²) in [6.07, 6.45) is 6.16. The average molecular weight is 387 g/mol. The number of nitrogens with one attached hydrogen (secondary N) is 2. The molecule has 0 amide bonds. The SMILES string of the molecule is CCNC(=NCC1(CCOC)CCC1)NCC(C)N1CCc2ccccc2C1. The number of fused-ring (bicyclic) bond motifs is 1. The van der Waals surface area contributed by atoms with Crippen LogP contribution in [0.15, 0.2) is 29.3 Å². The number of nitrogens with zero attached hydrogens (tertiary/aromatic N) is 2. The van der Waals surface area contributed by atoms with Gasteiger partial charge in [0.15, 0.2) is 5.96 Å². The predicted molar refractivity (Wildman–Crippen MR) is 117 cm³/mol. The molecule has 0 aromatic heterocycles. The van der Waals surface area contributed by atoms with Crippen LogP contribution in [-0.4, -0.2) is 56.8 Å². The first kappa shape index (κ1) is 21.1. The molecule has 156 valence electrons. The number of benzene rings is 1. The summed E-state index contributed by atoms with van der Waals surface area (Å²) >= 11 is 0. The lowest BCUT2D eigenvalue weighted by molar-refractivity contribution is 0.0778. The van der Waals surface area contributed by atoms with Gasteiger partial charge in [0.2, 0.25) is 0 Å². The Morgan fingerprint density at radius 3 is 2.71 bits per heavy atom. The maximum atomic E-state index is 5.31. The van der Waals surface area contributed by atoms with Crippen LogP contribution in [0.5, 0.6) is 0 Å². The first-order chi connectivity index (χ1) is 13.7. The molecule has 1 atom stereocenters. The summed E-state index contributed by atoms with van der Waals surface area (Å²) in [5.41, 5.74) is 3.35. The zero-order chi connectivity index (χ0) is 19.8. The van der Waals surface area contributed by atoms with E-state index in [2.05, 4.69) is 53.6 Å². The number of hydrogen-bond acceptors (Lipinski definition) is 3. The highest BCUT2D eigenvalue weighted by Gasteiger charge is 2.36. The molecule has 1 aliphatic carbocycles. The summed E-state index contributed by atoms with van der Waals surface area (Å²) in [5.74, 6) is 0.954. The molecule has 3 rings (SSSR count). The molecule has 2 N–H and O–H groups in total. The Kier molecular flexibility index (Phi) is 7.74. The summed E-state index contributed by atoms with van der Waals surface area (Å²) in [4.78, 5) is 7.51. The van der Waals surface area contributed by atoms with Crippen molar-refractivity contribution in [3.63, 3.8) is 0 Å². The first-order valence-corrected chi connectivity index (χ1v) is 11.0. The largest absolute Gasteiger partial charge is 0.385 e. The standard InChI is InChI=1S/C23H38N4O/c1-4-24-22(26-18-23(11-7-12-23)13-15-28-3)25-16-19(2)27-14-10-20-8-5-6-9-21(20)17-27/h5-6,8-9,19H,4,7,10-18H2,1-3H3,(H2,24,25,26). The van der Waals surface area contributed by atoms with Crippen LogP contribution in [0.3, 0.4) is 0 Å². The van der Waals surface area contributed by atoms with Crippen molar-refractivity contribution >= 4 is 5.96 Å². The van der Waals surface area contributed by atoms with Gasteiger partial charge in [0.05, 0.1) is 0 Å². The van der Waals surface area contributed by atoms with E-state index in [1.165, 1.54) is 30.4 Å². The molecule has 0 bridgehead atoms. The molecule has 1 aromatic carbocycles. The van der Waals surface area contributed by atoms with E-state index in [4.69, 9.17) is 9.73 Å². The van der Waals surface area contributed by atoms with E-state index in [0.29, 0.717) is 11.5 Å². The highest BCUT2D eigenvalue weighted by molar-refractivity contribution is 5.79. The summed E-state index contributed by atoms with van der Waals surface area (Å²) in [6.45, 7) is 10.2. The van der Waals surface area contributed by atoms with E-state index in [1.807, 2.05) is 0 Å². The van der Waals surface area contributed by atoms with Crippen LogP contribution in [-0.2, 0) is 17.7 Å². The molecule has 28 heavy (non-hydrogen) atoms. The number of aliphatic imine (C=N–C) groups is 1. The second-order valence-corrected chi connectivity index (χ2v) is 8.51. The monoisotopic (exact) mass is 386 g/mol. The topological polar surface area (TPSA) is 48.9 Å². The van der Waals surface area contributed by atoms with Crippen LogP contribution in [0.2, 0.25) is 0 Å². The van der Waals surface area contributed by atoms with Gasteiger partial charge in [-0.05, 0) is 56.1 Å². The lowest BCUT2D eigenvalue weighted by Crippen LogP contribution is -2.47. The zero-order valence-electron chi connectivity index (χ0n) is 18.0. The van der Waals surface area contributed by atoms with Gasteiger partial charge in [-0.1, -0.05) is 30.7 Å². The molecule has 1 unspecified atom stereocenters. The fourth-order valence-corrected chi connectivity index (χ4v) is 4.34. The quantitative estimate of drug-likeness (QED) is 0.505. The minimum atomic E-state index is 0.362. The van der Waals surface area contributed by atoms with Crippen LogP contribution in [0.25, 0.3) is 0 Å². The third-order valence-electron chi connectivity index (χ3n) is 6.52. The molecule has 2 aliphatic rings. The minimum Gasteiger partial charge on any atom is -0.385 e. The van der Waals surface area contributed by atoms with Crippen molar-refractivity contribution < 1.29 is 4.74 Å². The average Bonchev–Trinajstić information content (AvgIpc) is 2.70. The number of guanidine groups is 1. The molecule has 0 saturated heterocycles. The molecular weight excluding hydrogens is 348 g/mol. The van der Waals surface area contributed by atoms with E-state index in [9.17, 15) is 0 Å². The number of methoxy groups -OCH3 is 1. The van der Waals surface area contributed by atoms with E-state index >= 15 is 0 Å². The molecule has 1 fully saturated rings. The Hall–Kier alpha value is -1.59. The Morgan fingerprint density at radius 1 is 1.25 bits per heavy atom. The van der Waals surface area contributed by atoms with Crippen molar-refractivity contribution in [2.75, 3.05) is 39.9 Å². The van der Waals surface area contributed by atoms with Crippen LogP contribution in [0.1, 0.15) is 50.7 Å². The van der Waals surface area contributed by atoms with Crippen LogP contribution < -0.4 is 10.6 Å². The van der Waals surface area contributed by atoms with Gasteiger partial charge >= 0.3 is 0 Å². The normalized spacial score (nSPS) is 20.2. The van der Waals surface area contributed by atoms with Crippen LogP contribution >= 0.6 is 0 Å². The van der Waals surface area contributed by atoms with Crippen molar-refractivity contribution in [1.29, 1.82) is 0 Å². The maximum absolute atomic E-state index is 5.31. The molecule has 5 heteroatoms. The summed E-state index contributed by atoms with van der Waals surface area (Å²) in [6, 6.07) is 9.32. The lowest BCUT2D eigenvalue weighted by atomic mass is 9.67. The molecule has 0 spiro atoms. The molecular formula is C23H38N4O. The van der Waals surface area contributed by atoms with Gasteiger partial charge in [0, 0.05) is 52.5 Å². The Labute approximate surface area is 170 Å². The highest BCUT2D eigenvalue weighted by atomic mass is 16.5. The minimum absolute atomic E-state index is 0.362. The van der Waals surface area contributed by atoms with Crippen molar-refractivity contribution in [3.05, 3.63) is 35.4 Å². The van der Waals surface area contributed by atoms with E-state index in [-0.39, 0.29) is 0 Å². The second kappa shape index (κ2) is 10.3. The van der Waals surface area contributed by atoms with Gasteiger partial charge in [-0.25, -0.2) is 0 Å².